The van der Waals surface area contributed by atoms with E-state index in [2.05, 4.69) is 4.74 Å². The molecule has 6 nitrogen and oxygen atoms in total. The van der Waals surface area contributed by atoms with Crippen molar-refractivity contribution in [1.29, 1.82) is 0 Å². The van der Waals surface area contributed by atoms with Crippen LogP contribution in [-0.2, 0) is 35.2 Å². The highest BCUT2D eigenvalue weighted by molar-refractivity contribution is 8.68. The van der Waals surface area contributed by atoms with Crippen LogP contribution < -0.4 is 0 Å². The third-order valence-electron chi connectivity index (χ3n) is 1.48. The summed E-state index contributed by atoms with van der Waals surface area (Å²) in [6, 6.07) is 0. The van der Waals surface area contributed by atoms with E-state index >= 15 is 0 Å². The van der Waals surface area contributed by atoms with Crippen LogP contribution in [0.1, 0.15) is 20.1 Å². The van der Waals surface area contributed by atoms with E-state index in [1.807, 2.05) is 0 Å². The van der Waals surface area contributed by atoms with Gasteiger partial charge in [-0.25, -0.2) is 0 Å². The molecule has 0 radical (unpaired) electrons. The van der Waals surface area contributed by atoms with Gasteiger partial charge in [0.15, 0.2) is 0 Å². The van der Waals surface area contributed by atoms with Crippen molar-refractivity contribution in [3.05, 3.63) is 0 Å². The number of aliphatic carboxylic acids is 1. The summed E-state index contributed by atoms with van der Waals surface area (Å²) in [5.41, 5.74) is -3.03. The fourth-order valence-corrected chi connectivity index (χ4v) is 4.61. The maximum Gasteiger partial charge on any atom is 0.320 e. The molecule has 1 N–H and O–H groups in total. The number of ether oxygens (including phenoxy) is 1. The zero-order valence-corrected chi connectivity index (χ0v) is 11.6. The predicted octanol–water partition coefficient (Wildman–Crippen LogP) is 1.64. The van der Waals surface area contributed by atoms with Gasteiger partial charge >= 0.3 is 11.9 Å². The van der Waals surface area contributed by atoms with Crippen LogP contribution in [0, 0.1) is 0 Å². The molecule has 0 bridgehead atoms. The molecule has 0 amide bonds. The zero-order valence-electron chi connectivity index (χ0n) is 14.0. The lowest BCUT2D eigenvalue weighted by atomic mass is 10.3. The topological polar surface area (TPSA) is 82.1 Å². The van der Waals surface area contributed by atoms with Gasteiger partial charge in [0, 0.05) is 18.3 Å². The summed E-state index contributed by atoms with van der Waals surface area (Å²) in [4.78, 5) is 22.7. The van der Waals surface area contributed by atoms with E-state index in [1.165, 1.54) is 14.2 Å². The standard InChI is InChI=1S/C8H15O6PS2/c1-4-14-8(11)6(5-7(9)10)17-15(16,12-2)13-3/h6H,4-5H2,1-3H3,(H,9,10)/i1D3,4D2. The molecule has 0 rings (SSSR count). The molecule has 0 aromatic heterocycles. The van der Waals surface area contributed by atoms with Crippen molar-refractivity contribution in [2.75, 3.05) is 20.8 Å². The minimum absolute atomic E-state index is 0.556. The van der Waals surface area contributed by atoms with Crippen molar-refractivity contribution in [2.24, 2.45) is 0 Å². The van der Waals surface area contributed by atoms with Crippen molar-refractivity contribution < 1.29 is 35.3 Å². The van der Waals surface area contributed by atoms with Crippen LogP contribution >= 0.6 is 17.1 Å². The number of hydrogen-bond donors (Lipinski definition) is 1. The lowest BCUT2D eigenvalue weighted by molar-refractivity contribution is -0.146. The fourth-order valence-electron chi connectivity index (χ4n) is 0.755. The Labute approximate surface area is 116 Å². The summed E-state index contributed by atoms with van der Waals surface area (Å²) >= 11 is 5.55. The molecule has 100 valence electrons. The van der Waals surface area contributed by atoms with Gasteiger partial charge in [0.2, 0.25) is 5.69 Å². The van der Waals surface area contributed by atoms with Crippen LogP contribution in [0.2, 0.25) is 0 Å². The van der Waals surface area contributed by atoms with Gasteiger partial charge in [-0.2, -0.15) is 0 Å². The van der Waals surface area contributed by atoms with E-state index in [4.69, 9.17) is 32.8 Å². The second-order valence-electron chi connectivity index (χ2n) is 2.53. The van der Waals surface area contributed by atoms with Gasteiger partial charge in [-0.05, 0) is 18.7 Å². The Morgan fingerprint density at radius 3 is 2.59 bits per heavy atom. The maximum atomic E-state index is 11.9. The van der Waals surface area contributed by atoms with Gasteiger partial charge < -0.3 is 18.9 Å². The van der Waals surface area contributed by atoms with Crippen LogP contribution in [0.3, 0.4) is 0 Å². The Balaban J connectivity index is 5.25. The van der Waals surface area contributed by atoms with E-state index in [-0.39, 0.29) is 0 Å². The molecule has 1 atom stereocenters. The Hall–Kier alpha value is -0.140. The molecule has 0 heterocycles. The SMILES string of the molecule is [2H]C([2H])([2H])C([2H])([2H])OC(=O)C(CC(=O)O)SP(=S)(OC)OC. The summed E-state index contributed by atoms with van der Waals surface area (Å²) in [5.74, 6) is -2.74. The third kappa shape index (κ3) is 6.38. The average Bonchev–Trinajstić information content (AvgIpc) is 2.35. The van der Waals surface area contributed by atoms with Crippen LogP contribution in [-0.4, -0.2) is 43.1 Å². The number of carboxylic acid groups (broad SMARTS) is 1. The van der Waals surface area contributed by atoms with Gasteiger partial charge in [0.1, 0.15) is 5.25 Å². The van der Waals surface area contributed by atoms with Gasteiger partial charge in [-0.15, -0.1) is 0 Å². The van der Waals surface area contributed by atoms with Crippen molar-refractivity contribution in [3.8, 4) is 0 Å². The summed E-state index contributed by atoms with van der Waals surface area (Å²) in [6.45, 7) is -6.48. The van der Waals surface area contributed by atoms with Crippen LogP contribution in [0.25, 0.3) is 0 Å². The highest BCUT2D eigenvalue weighted by atomic mass is 32.9. The highest BCUT2D eigenvalue weighted by Gasteiger charge is 2.31. The van der Waals surface area contributed by atoms with Crippen molar-refractivity contribution in [2.45, 2.75) is 18.5 Å². The number of hydrogen-bond acceptors (Lipinski definition) is 7. The molecule has 0 aliphatic rings. The number of carbonyl (C=O) groups is 2. The van der Waals surface area contributed by atoms with Gasteiger partial charge in [0.05, 0.1) is 15.7 Å². The molecule has 1 unspecified atom stereocenters. The van der Waals surface area contributed by atoms with Crippen molar-refractivity contribution in [3.63, 3.8) is 0 Å². The second-order valence-corrected chi connectivity index (χ2v) is 9.14. The largest absolute Gasteiger partial charge is 0.481 e. The fraction of sp³-hybridized carbons (Fsp3) is 0.750. The van der Waals surface area contributed by atoms with Crippen LogP contribution in [0.5, 0.6) is 0 Å². The van der Waals surface area contributed by atoms with Crippen LogP contribution in [0.15, 0.2) is 0 Å². The molecule has 0 aliphatic heterocycles. The maximum absolute atomic E-state index is 11.9. The van der Waals surface area contributed by atoms with Crippen LogP contribution in [0.4, 0.5) is 0 Å². The first-order chi connectivity index (χ1) is 9.78. The van der Waals surface area contributed by atoms with E-state index in [9.17, 15) is 9.59 Å². The first kappa shape index (κ1) is 9.75. The summed E-state index contributed by atoms with van der Waals surface area (Å²) in [7, 11) is 2.42. The molecular weight excluding hydrogens is 287 g/mol. The van der Waals surface area contributed by atoms with Crippen molar-refractivity contribution >= 4 is 40.8 Å². The van der Waals surface area contributed by atoms with E-state index in [1.54, 1.807) is 0 Å². The van der Waals surface area contributed by atoms with E-state index in [0.29, 0.717) is 11.4 Å². The molecule has 0 fully saturated rings. The number of carbonyl (C=O) groups excluding carboxylic acids is 1. The molecule has 0 aliphatic carbocycles. The predicted molar refractivity (Wildman–Crippen MR) is 68.6 cm³/mol. The lowest BCUT2D eigenvalue weighted by Gasteiger charge is -2.21. The van der Waals surface area contributed by atoms with E-state index in [0.717, 1.165) is 0 Å². The first-order valence-corrected chi connectivity index (χ1v) is 8.25. The average molecular weight is 307 g/mol. The molecule has 17 heavy (non-hydrogen) atoms. The summed E-state index contributed by atoms with van der Waals surface area (Å²) in [6.07, 6.45) is -0.758. The molecule has 0 saturated heterocycles. The van der Waals surface area contributed by atoms with Crippen molar-refractivity contribution in [1.82, 2.24) is 0 Å². The normalized spacial score (nSPS) is 19.1. The lowest BCUT2D eigenvalue weighted by Crippen LogP contribution is -2.23. The van der Waals surface area contributed by atoms with Gasteiger partial charge in [-0.1, -0.05) is 11.4 Å². The Morgan fingerprint density at radius 1 is 1.59 bits per heavy atom. The van der Waals surface area contributed by atoms with Gasteiger partial charge in [-0.3, -0.25) is 9.59 Å². The Bertz CT molecular complexity index is 462. The Kier molecular flexibility index (Phi) is 4.61. The minimum atomic E-state index is -3.26. The number of rotatable bonds is 8. The number of esters is 1. The van der Waals surface area contributed by atoms with Gasteiger partial charge in [0.25, 0.3) is 0 Å². The summed E-state index contributed by atoms with van der Waals surface area (Å²) < 4.78 is 49.5. The minimum Gasteiger partial charge on any atom is -0.481 e. The quantitative estimate of drug-likeness (QED) is 0.535. The molecular formula is C8H15O6PS2. The molecule has 0 spiro atoms. The third-order valence-corrected chi connectivity index (χ3v) is 7.35. The summed E-state index contributed by atoms with van der Waals surface area (Å²) in [5, 5.41) is 7.33. The smallest absolute Gasteiger partial charge is 0.320 e. The molecule has 0 saturated carbocycles. The second kappa shape index (κ2) is 8.05. The monoisotopic (exact) mass is 307 g/mol. The molecule has 9 heteroatoms. The molecule has 0 aromatic rings. The number of carboxylic acids is 1. The Morgan fingerprint density at radius 2 is 2.18 bits per heavy atom. The highest BCUT2D eigenvalue weighted by Crippen LogP contribution is 2.62. The first-order valence-electron chi connectivity index (χ1n) is 6.62. The zero-order chi connectivity index (χ0) is 17.8. The molecule has 0 aromatic carbocycles. The van der Waals surface area contributed by atoms with E-state index < -0.39 is 42.7 Å².